The van der Waals surface area contributed by atoms with Crippen LogP contribution in [-0.4, -0.2) is 6.61 Å². The molecule has 0 saturated carbocycles. The van der Waals surface area contributed by atoms with Crippen molar-refractivity contribution in [2.75, 3.05) is 6.61 Å². The van der Waals surface area contributed by atoms with E-state index < -0.39 is 11.6 Å². The van der Waals surface area contributed by atoms with Gasteiger partial charge in [-0.2, -0.15) is 4.39 Å². The fourth-order valence-electron chi connectivity index (χ4n) is 0.982. The van der Waals surface area contributed by atoms with Gasteiger partial charge in [-0.3, -0.25) is 0 Å². The molecular formula is C10H12F2OS. The zero-order chi connectivity index (χ0) is 10.6. The van der Waals surface area contributed by atoms with E-state index in [-0.39, 0.29) is 5.75 Å². The van der Waals surface area contributed by atoms with E-state index in [0.717, 1.165) is 18.9 Å². The van der Waals surface area contributed by atoms with E-state index in [1.54, 1.807) is 0 Å². The lowest BCUT2D eigenvalue weighted by molar-refractivity contribution is 0.287. The highest BCUT2D eigenvalue weighted by Crippen LogP contribution is 2.24. The van der Waals surface area contributed by atoms with Crippen molar-refractivity contribution in [3.63, 3.8) is 0 Å². The first kappa shape index (κ1) is 11.3. The Hall–Kier alpha value is -0.770. The maximum absolute atomic E-state index is 13.1. The van der Waals surface area contributed by atoms with Crippen molar-refractivity contribution in [1.82, 2.24) is 0 Å². The van der Waals surface area contributed by atoms with Crippen LogP contribution in [0.2, 0.25) is 0 Å². The molecule has 14 heavy (non-hydrogen) atoms. The number of rotatable bonds is 4. The summed E-state index contributed by atoms with van der Waals surface area (Å²) >= 11 is 3.93. The van der Waals surface area contributed by atoms with Gasteiger partial charge in [-0.1, -0.05) is 13.3 Å². The number of benzene rings is 1. The lowest BCUT2D eigenvalue weighted by atomic mass is 10.3. The van der Waals surface area contributed by atoms with E-state index in [1.165, 1.54) is 6.07 Å². The molecule has 0 aliphatic carbocycles. The maximum Gasteiger partial charge on any atom is 0.200 e. The summed E-state index contributed by atoms with van der Waals surface area (Å²) in [5.41, 5.74) is 0. The number of ether oxygens (including phenoxy) is 1. The van der Waals surface area contributed by atoms with Crippen LogP contribution in [0.15, 0.2) is 17.0 Å². The second kappa shape index (κ2) is 5.20. The van der Waals surface area contributed by atoms with Gasteiger partial charge in [0.25, 0.3) is 0 Å². The predicted molar refractivity (Wildman–Crippen MR) is 54.0 cm³/mol. The van der Waals surface area contributed by atoms with Gasteiger partial charge in [-0.25, -0.2) is 4.39 Å². The van der Waals surface area contributed by atoms with E-state index in [4.69, 9.17) is 4.74 Å². The molecule has 0 N–H and O–H groups in total. The Bertz CT molecular complexity index is 315. The third-order valence-corrected chi connectivity index (χ3v) is 1.99. The smallest absolute Gasteiger partial charge is 0.200 e. The van der Waals surface area contributed by atoms with Crippen LogP contribution >= 0.6 is 12.6 Å². The van der Waals surface area contributed by atoms with Gasteiger partial charge in [0.1, 0.15) is 0 Å². The topological polar surface area (TPSA) is 9.23 Å². The molecule has 0 aliphatic heterocycles. The van der Waals surface area contributed by atoms with Crippen LogP contribution in [0.25, 0.3) is 0 Å². The van der Waals surface area contributed by atoms with Gasteiger partial charge in [0, 0.05) is 4.90 Å². The third-order valence-electron chi connectivity index (χ3n) is 1.74. The summed E-state index contributed by atoms with van der Waals surface area (Å²) in [5.74, 6) is -1.94. The highest BCUT2D eigenvalue weighted by Gasteiger charge is 2.10. The SMILES string of the molecule is CCCCOc1cc(S)cc(F)c1F. The van der Waals surface area contributed by atoms with Crippen molar-refractivity contribution in [2.45, 2.75) is 24.7 Å². The van der Waals surface area contributed by atoms with Gasteiger partial charge in [0.05, 0.1) is 6.61 Å². The van der Waals surface area contributed by atoms with Crippen LogP contribution in [0, 0.1) is 11.6 Å². The molecule has 0 atom stereocenters. The minimum atomic E-state index is -0.945. The molecule has 4 heteroatoms. The van der Waals surface area contributed by atoms with E-state index in [9.17, 15) is 8.78 Å². The standard InChI is InChI=1S/C10H12F2OS/c1-2-3-4-13-9-6-7(14)5-8(11)10(9)12/h5-6,14H,2-4H2,1H3. The number of halogens is 2. The van der Waals surface area contributed by atoms with Crippen LogP contribution in [0.3, 0.4) is 0 Å². The molecule has 0 radical (unpaired) electrons. The average Bonchev–Trinajstić information content (AvgIpc) is 2.13. The average molecular weight is 218 g/mol. The molecule has 1 rings (SSSR count). The summed E-state index contributed by atoms with van der Waals surface area (Å²) in [7, 11) is 0. The summed E-state index contributed by atoms with van der Waals surface area (Å²) in [6, 6.07) is 2.39. The van der Waals surface area contributed by atoms with Crippen molar-refractivity contribution in [1.29, 1.82) is 0 Å². The summed E-state index contributed by atoms with van der Waals surface area (Å²) < 4.78 is 31.0. The minimum Gasteiger partial charge on any atom is -0.490 e. The van der Waals surface area contributed by atoms with Crippen molar-refractivity contribution < 1.29 is 13.5 Å². The molecule has 0 aromatic heterocycles. The van der Waals surface area contributed by atoms with Crippen molar-refractivity contribution >= 4 is 12.6 Å². The molecule has 78 valence electrons. The normalized spacial score (nSPS) is 10.3. The zero-order valence-electron chi connectivity index (χ0n) is 7.89. The minimum absolute atomic E-state index is 0.0662. The van der Waals surface area contributed by atoms with E-state index >= 15 is 0 Å². The number of unbranched alkanes of at least 4 members (excludes halogenated alkanes) is 1. The first-order valence-corrected chi connectivity index (χ1v) is 4.90. The highest BCUT2D eigenvalue weighted by atomic mass is 32.1. The van der Waals surface area contributed by atoms with Crippen LogP contribution < -0.4 is 4.74 Å². The zero-order valence-corrected chi connectivity index (χ0v) is 8.78. The van der Waals surface area contributed by atoms with Gasteiger partial charge in [-0.05, 0) is 18.6 Å². The van der Waals surface area contributed by atoms with Gasteiger partial charge in [0.2, 0.25) is 5.82 Å². The number of hydrogen-bond acceptors (Lipinski definition) is 2. The monoisotopic (exact) mass is 218 g/mol. The fraction of sp³-hybridized carbons (Fsp3) is 0.400. The molecule has 0 spiro atoms. The number of thiol groups is 1. The Labute approximate surface area is 87.5 Å². The fourth-order valence-corrected chi connectivity index (χ4v) is 1.21. The molecule has 0 saturated heterocycles. The Kier molecular flexibility index (Phi) is 4.20. The Morgan fingerprint density at radius 1 is 1.36 bits per heavy atom. The van der Waals surface area contributed by atoms with Crippen LogP contribution in [0.5, 0.6) is 5.75 Å². The van der Waals surface area contributed by atoms with Gasteiger partial charge < -0.3 is 4.74 Å². The number of hydrogen-bond donors (Lipinski definition) is 1. The largest absolute Gasteiger partial charge is 0.490 e. The summed E-state index contributed by atoms with van der Waals surface area (Å²) in [6.45, 7) is 2.39. The van der Waals surface area contributed by atoms with Gasteiger partial charge >= 0.3 is 0 Å². The molecule has 0 bridgehead atoms. The molecule has 1 nitrogen and oxygen atoms in total. The molecular weight excluding hydrogens is 206 g/mol. The summed E-state index contributed by atoms with van der Waals surface area (Å²) in [4.78, 5) is 0.357. The Morgan fingerprint density at radius 3 is 2.71 bits per heavy atom. The highest BCUT2D eigenvalue weighted by molar-refractivity contribution is 7.80. The lowest BCUT2D eigenvalue weighted by Crippen LogP contribution is -2.00. The van der Waals surface area contributed by atoms with Crippen LogP contribution in [0.4, 0.5) is 8.78 Å². The predicted octanol–water partition coefficient (Wildman–Crippen LogP) is 3.43. The first-order chi connectivity index (χ1) is 6.65. The summed E-state index contributed by atoms with van der Waals surface area (Å²) in [6.07, 6.45) is 1.77. The van der Waals surface area contributed by atoms with Gasteiger partial charge in [0.15, 0.2) is 11.6 Å². The van der Waals surface area contributed by atoms with Crippen molar-refractivity contribution in [3.8, 4) is 5.75 Å². The molecule has 0 fully saturated rings. The Balaban J connectivity index is 2.75. The quantitative estimate of drug-likeness (QED) is 0.601. The van der Waals surface area contributed by atoms with Crippen molar-refractivity contribution in [2.24, 2.45) is 0 Å². The maximum atomic E-state index is 13.1. The molecule has 0 amide bonds. The molecule has 0 unspecified atom stereocenters. The lowest BCUT2D eigenvalue weighted by Gasteiger charge is -2.07. The second-order valence-electron chi connectivity index (χ2n) is 2.94. The molecule has 1 aromatic rings. The third kappa shape index (κ3) is 2.87. The van der Waals surface area contributed by atoms with E-state index in [2.05, 4.69) is 12.6 Å². The summed E-state index contributed by atoms with van der Waals surface area (Å²) in [5, 5.41) is 0. The van der Waals surface area contributed by atoms with Gasteiger partial charge in [-0.15, -0.1) is 12.6 Å². The van der Waals surface area contributed by atoms with Crippen molar-refractivity contribution in [3.05, 3.63) is 23.8 Å². The first-order valence-electron chi connectivity index (χ1n) is 4.46. The second-order valence-corrected chi connectivity index (χ2v) is 3.46. The molecule has 1 aromatic carbocycles. The molecule has 0 heterocycles. The van der Waals surface area contributed by atoms with E-state index in [0.29, 0.717) is 11.5 Å². The van der Waals surface area contributed by atoms with Crippen LogP contribution in [-0.2, 0) is 0 Å². The molecule has 0 aliphatic rings. The Morgan fingerprint density at radius 2 is 2.07 bits per heavy atom. The van der Waals surface area contributed by atoms with Crippen LogP contribution in [0.1, 0.15) is 19.8 Å². The van der Waals surface area contributed by atoms with E-state index in [1.807, 2.05) is 6.92 Å².